The summed E-state index contributed by atoms with van der Waals surface area (Å²) >= 11 is 0. The fourth-order valence-corrected chi connectivity index (χ4v) is 2.09. The van der Waals surface area contributed by atoms with Gasteiger partial charge in [-0.25, -0.2) is 0 Å². The van der Waals surface area contributed by atoms with E-state index < -0.39 is 0 Å². The van der Waals surface area contributed by atoms with Crippen molar-refractivity contribution < 1.29 is 9.53 Å². The number of rotatable bonds is 4. The molecule has 0 aliphatic heterocycles. The van der Waals surface area contributed by atoms with E-state index in [1.165, 1.54) is 0 Å². The summed E-state index contributed by atoms with van der Waals surface area (Å²) in [4.78, 5) is 11.9. The van der Waals surface area contributed by atoms with Crippen LogP contribution in [-0.4, -0.2) is 31.2 Å². The van der Waals surface area contributed by atoms with Crippen molar-refractivity contribution in [1.82, 2.24) is 5.32 Å². The number of nitrogens with one attached hydrogen (secondary N) is 1. The molecule has 16 heavy (non-hydrogen) atoms. The minimum atomic E-state index is -0.293. The Morgan fingerprint density at radius 3 is 2.56 bits per heavy atom. The van der Waals surface area contributed by atoms with Crippen molar-refractivity contribution in [2.75, 3.05) is 13.7 Å². The van der Waals surface area contributed by atoms with Crippen LogP contribution >= 0.6 is 12.4 Å². The summed E-state index contributed by atoms with van der Waals surface area (Å²) in [5.74, 6) is 0.209. The van der Waals surface area contributed by atoms with Crippen molar-refractivity contribution in [2.24, 2.45) is 11.7 Å². The molecule has 96 valence electrons. The van der Waals surface area contributed by atoms with Gasteiger partial charge in [0.25, 0.3) is 0 Å². The largest absolute Gasteiger partial charge is 0.382 e. The van der Waals surface area contributed by atoms with E-state index in [0.29, 0.717) is 6.61 Å². The second kappa shape index (κ2) is 6.42. The predicted octanol–water partition coefficient (Wildman–Crippen LogP) is 1.08. The molecule has 1 fully saturated rings. The molecule has 0 bridgehead atoms. The minimum absolute atomic E-state index is 0. The van der Waals surface area contributed by atoms with Gasteiger partial charge in [0.15, 0.2) is 0 Å². The second-order valence-electron chi connectivity index (χ2n) is 5.08. The van der Waals surface area contributed by atoms with Crippen molar-refractivity contribution in [1.29, 1.82) is 0 Å². The number of halogens is 1. The first-order chi connectivity index (χ1) is 6.94. The van der Waals surface area contributed by atoms with Gasteiger partial charge < -0.3 is 15.8 Å². The molecule has 1 rings (SSSR count). The summed E-state index contributed by atoms with van der Waals surface area (Å²) < 4.78 is 5.05. The van der Waals surface area contributed by atoms with Crippen molar-refractivity contribution in [3.63, 3.8) is 0 Å². The number of methoxy groups -OCH3 is 1. The summed E-state index contributed by atoms with van der Waals surface area (Å²) in [6.45, 7) is 4.45. The van der Waals surface area contributed by atoms with Crippen LogP contribution < -0.4 is 11.1 Å². The van der Waals surface area contributed by atoms with Crippen LogP contribution in [0.4, 0.5) is 0 Å². The molecule has 0 heterocycles. The number of carbonyl (C=O) groups is 1. The van der Waals surface area contributed by atoms with E-state index in [4.69, 9.17) is 10.5 Å². The van der Waals surface area contributed by atoms with Crippen LogP contribution in [0.3, 0.4) is 0 Å². The normalized spacial score (nSPS) is 25.0. The SMILES string of the molecule is COCC(C)(C)NC(=O)C1CCC(N)C1.Cl. The summed E-state index contributed by atoms with van der Waals surface area (Å²) in [5, 5.41) is 3.00. The lowest BCUT2D eigenvalue weighted by molar-refractivity contribution is -0.127. The molecule has 1 aliphatic carbocycles. The third-order valence-electron chi connectivity index (χ3n) is 2.81. The topological polar surface area (TPSA) is 64.3 Å². The van der Waals surface area contributed by atoms with Crippen LogP contribution in [0.25, 0.3) is 0 Å². The second-order valence-corrected chi connectivity index (χ2v) is 5.08. The third-order valence-corrected chi connectivity index (χ3v) is 2.81. The minimum Gasteiger partial charge on any atom is -0.382 e. The smallest absolute Gasteiger partial charge is 0.223 e. The molecule has 0 spiro atoms. The van der Waals surface area contributed by atoms with Gasteiger partial charge in [-0.05, 0) is 33.1 Å². The first-order valence-corrected chi connectivity index (χ1v) is 5.51. The van der Waals surface area contributed by atoms with Crippen molar-refractivity contribution in [2.45, 2.75) is 44.7 Å². The van der Waals surface area contributed by atoms with Crippen molar-refractivity contribution >= 4 is 18.3 Å². The first kappa shape index (κ1) is 15.7. The van der Waals surface area contributed by atoms with E-state index in [1.807, 2.05) is 13.8 Å². The van der Waals surface area contributed by atoms with Crippen molar-refractivity contribution in [3.05, 3.63) is 0 Å². The van der Waals surface area contributed by atoms with Gasteiger partial charge >= 0.3 is 0 Å². The number of amides is 1. The van der Waals surface area contributed by atoms with Gasteiger partial charge in [-0.2, -0.15) is 0 Å². The molecule has 0 aromatic rings. The number of hydrogen-bond donors (Lipinski definition) is 2. The summed E-state index contributed by atoms with van der Waals surface area (Å²) in [7, 11) is 1.64. The van der Waals surface area contributed by atoms with Crippen molar-refractivity contribution in [3.8, 4) is 0 Å². The van der Waals surface area contributed by atoms with E-state index in [2.05, 4.69) is 5.32 Å². The molecular formula is C11H23ClN2O2. The maximum absolute atomic E-state index is 11.9. The Morgan fingerprint density at radius 2 is 2.12 bits per heavy atom. The lowest BCUT2D eigenvalue weighted by Gasteiger charge is -2.27. The van der Waals surface area contributed by atoms with Crippen LogP contribution in [0.1, 0.15) is 33.1 Å². The summed E-state index contributed by atoms with van der Waals surface area (Å²) in [6, 6.07) is 0.200. The Hall–Kier alpha value is -0.320. The third kappa shape index (κ3) is 4.68. The fraction of sp³-hybridized carbons (Fsp3) is 0.909. The molecule has 1 saturated carbocycles. The van der Waals surface area contributed by atoms with E-state index >= 15 is 0 Å². The molecule has 0 radical (unpaired) electrons. The molecule has 5 heteroatoms. The number of ether oxygens (including phenoxy) is 1. The maximum Gasteiger partial charge on any atom is 0.223 e. The highest BCUT2D eigenvalue weighted by Gasteiger charge is 2.30. The molecule has 0 aromatic heterocycles. The van der Waals surface area contributed by atoms with Gasteiger partial charge in [-0.3, -0.25) is 4.79 Å². The van der Waals surface area contributed by atoms with E-state index in [9.17, 15) is 4.79 Å². The highest BCUT2D eigenvalue weighted by molar-refractivity contribution is 5.85. The molecule has 2 atom stereocenters. The zero-order valence-corrected chi connectivity index (χ0v) is 11.1. The monoisotopic (exact) mass is 250 g/mol. The molecule has 2 unspecified atom stereocenters. The van der Waals surface area contributed by atoms with Crippen LogP contribution in [0.2, 0.25) is 0 Å². The molecule has 0 aromatic carbocycles. The standard InChI is InChI=1S/C11H22N2O2.ClH/c1-11(2,7-15-3)13-10(14)8-4-5-9(12)6-8;/h8-9H,4-7,12H2,1-3H3,(H,13,14);1H. The summed E-state index contributed by atoms with van der Waals surface area (Å²) in [6.07, 6.45) is 2.69. The number of carbonyl (C=O) groups excluding carboxylic acids is 1. The van der Waals surface area contributed by atoms with E-state index in [-0.39, 0.29) is 35.8 Å². The average Bonchev–Trinajstić information content (AvgIpc) is 2.50. The Kier molecular flexibility index (Phi) is 6.30. The molecular weight excluding hydrogens is 228 g/mol. The zero-order valence-electron chi connectivity index (χ0n) is 10.3. The van der Waals surface area contributed by atoms with Gasteiger partial charge in [-0.15, -0.1) is 12.4 Å². The zero-order chi connectivity index (χ0) is 11.5. The highest BCUT2D eigenvalue weighted by Crippen LogP contribution is 2.24. The lowest BCUT2D eigenvalue weighted by atomic mass is 10.0. The Morgan fingerprint density at radius 1 is 1.50 bits per heavy atom. The molecule has 3 N–H and O–H groups in total. The fourth-order valence-electron chi connectivity index (χ4n) is 2.09. The average molecular weight is 251 g/mol. The van der Waals surface area contributed by atoms with Gasteiger partial charge in [0.2, 0.25) is 5.91 Å². The Labute approximate surface area is 104 Å². The van der Waals surface area contributed by atoms with Gasteiger partial charge in [0.1, 0.15) is 0 Å². The number of nitrogens with two attached hydrogens (primary N) is 1. The maximum atomic E-state index is 11.9. The van der Waals surface area contributed by atoms with Crippen LogP contribution in [0.15, 0.2) is 0 Å². The van der Waals surface area contributed by atoms with Gasteiger partial charge in [0.05, 0.1) is 12.1 Å². The van der Waals surface area contributed by atoms with Crippen LogP contribution in [0.5, 0.6) is 0 Å². The molecule has 1 aliphatic rings. The van der Waals surface area contributed by atoms with Gasteiger partial charge in [-0.1, -0.05) is 0 Å². The van der Waals surface area contributed by atoms with E-state index in [1.54, 1.807) is 7.11 Å². The lowest BCUT2D eigenvalue weighted by Crippen LogP contribution is -2.48. The molecule has 4 nitrogen and oxygen atoms in total. The predicted molar refractivity (Wildman–Crippen MR) is 66.7 cm³/mol. The van der Waals surface area contributed by atoms with E-state index in [0.717, 1.165) is 19.3 Å². The molecule has 1 amide bonds. The highest BCUT2D eigenvalue weighted by atomic mass is 35.5. The quantitative estimate of drug-likeness (QED) is 0.785. The number of hydrogen-bond acceptors (Lipinski definition) is 3. The Balaban J connectivity index is 0.00000225. The summed E-state index contributed by atoms with van der Waals surface area (Å²) in [5.41, 5.74) is 5.49. The van der Waals surface area contributed by atoms with Crippen LogP contribution in [-0.2, 0) is 9.53 Å². The van der Waals surface area contributed by atoms with Gasteiger partial charge in [0, 0.05) is 19.1 Å². The Bertz CT molecular complexity index is 234. The molecule has 0 saturated heterocycles. The first-order valence-electron chi connectivity index (χ1n) is 5.51. The van der Waals surface area contributed by atoms with Crippen LogP contribution in [0, 0.1) is 5.92 Å².